The Balaban J connectivity index is 2.09. The number of carbonyl (C=O) groups is 2. The second kappa shape index (κ2) is 10.8. The predicted octanol–water partition coefficient (Wildman–Crippen LogP) is 4.30. The Morgan fingerprint density at radius 1 is 1.17 bits per heavy atom. The first-order valence-corrected chi connectivity index (χ1v) is 9.89. The number of rotatable bonds is 8. The van der Waals surface area contributed by atoms with Crippen molar-refractivity contribution in [2.75, 3.05) is 6.61 Å². The quantitative estimate of drug-likeness (QED) is 0.479. The Morgan fingerprint density at radius 3 is 2.55 bits per heavy atom. The van der Waals surface area contributed by atoms with Crippen molar-refractivity contribution < 1.29 is 14.3 Å². The van der Waals surface area contributed by atoms with Gasteiger partial charge in [-0.2, -0.15) is 5.10 Å². The standard InChI is InChI=1S/C21H23Cl2N3O3/c1-4-29-18-10-9-15(22)11-14(18)12-24-26-21(28)19(13(2)3)25-20(27)16-7-5-6-8-17(16)23/h5-13,19H,4H2,1-3H3,(H,25,27)(H,26,28). The van der Waals surface area contributed by atoms with Crippen LogP contribution in [-0.2, 0) is 4.79 Å². The van der Waals surface area contributed by atoms with E-state index >= 15 is 0 Å². The lowest BCUT2D eigenvalue weighted by atomic mass is 10.0. The number of benzene rings is 2. The third-order valence-electron chi connectivity index (χ3n) is 4.00. The summed E-state index contributed by atoms with van der Waals surface area (Å²) < 4.78 is 5.52. The number of halogens is 2. The molecule has 0 aromatic heterocycles. The van der Waals surface area contributed by atoms with Gasteiger partial charge in [0.2, 0.25) is 0 Å². The van der Waals surface area contributed by atoms with Crippen molar-refractivity contribution in [3.8, 4) is 5.75 Å². The van der Waals surface area contributed by atoms with Crippen molar-refractivity contribution in [2.45, 2.75) is 26.8 Å². The van der Waals surface area contributed by atoms with Crippen LogP contribution in [0.5, 0.6) is 5.75 Å². The number of hydrogen-bond donors (Lipinski definition) is 2. The summed E-state index contributed by atoms with van der Waals surface area (Å²) in [7, 11) is 0. The lowest BCUT2D eigenvalue weighted by Crippen LogP contribution is -2.48. The van der Waals surface area contributed by atoms with Gasteiger partial charge in [-0.3, -0.25) is 9.59 Å². The Bertz CT molecular complexity index is 900. The van der Waals surface area contributed by atoms with Crippen LogP contribution < -0.4 is 15.5 Å². The summed E-state index contributed by atoms with van der Waals surface area (Å²) in [5.74, 6) is -0.442. The van der Waals surface area contributed by atoms with Gasteiger partial charge in [-0.1, -0.05) is 49.2 Å². The fourth-order valence-corrected chi connectivity index (χ4v) is 2.94. The first kappa shape index (κ1) is 22.7. The molecular weight excluding hydrogens is 413 g/mol. The normalized spacial score (nSPS) is 12.1. The molecule has 29 heavy (non-hydrogen) atoms. The first-order chi connectivity index (χ1) is 13.8. The monoisotopic (exact) mass is 435 g/mol. The third kappa shape index (κ3) is 6.48. The summed E-state index contributed by atoms with van der Waals surface area (Å²) in [5.41, 5.74) is 3.38. The molecule has 0 heterocycles. The van der Waals surface area contributed by atoms with E-state index in [1.807, 2.05) is 20.8 Å². The van der Waals surface area contributed by atoms with Gasteiger partial charge in [0.05, 0.1) is 23.4 Å². The fraction of sp³-hybridized carbons (Fsp3) is 0.286. The second-order valence-corrected chi connectivity index (χ2v) is 7.37. The van der Waals surface area contributed by atoms with Crippen molar-refractivity contribution in [2.24, 2.45) is 11.0 Å². The SMILES string of the molecule is CCOc1ccc(Cl)cc1C=NNC(=O)C(NC(=O)c1ccccc1Cl)C(C)C. The molecule has 2 aromatic rings. The molecule has 6 nitrogen and oxygen atoms in total. The summed E-state index contributed by atoms with van der Waals surface area (Å²) in [4.78, 5) is 25.1. The van der Waals surface area contributed by atoms with Crippen LogP contribution in [0.2, 0.25) is 10.0 Å². The molecule has 154 valence electrons. The molecule has 2 rings (SSSR count). The zero-order valence-corrected chi connectivity index (χ0v) is 17.9. The van der Waals surface area contributed by atoms with E-state index in [1.54, 1.807) is 42.5 Å². The molecule has 0 aliphatic heterocycles. The molecule has 2 aromatic carbocycles. The van der Waals surface area contributed by atoms with Gasteiger partial charge >= 0.3 is 0 Å². The molecular formula is C21H23Cl2N3O3. The largest absolute Gasteiger partial charge is 0.493 e. The van der Waals surface area contributed by atoms with E-state index in [0.717, 1.165) is 0 Å². The highest BCUT2D eigenvalue weighted by molar-refractivity contribution is 6.33. The molecule has 0 bridgehead atoms. The van der Waals surface area contributed by atoms with Gasteiger partial charge in [-0.25, -0.2) is 5.43 Å². The zero-order valence-electron chi connectivity index (χ0n) is 16.4. The van der Waals surface area contributed by atoms with Crippen LogP contribution >= 0.6 is 23.2 Å². The first-order valence-electron chi connectivity index (χ1n) is 9.14. The van der Waals surface area contributed by atoms with E-state index in [-0.39, 0.29) is 5.92 Å². The van der Waals surface area contributed by atoms with Gasteiger partial charge in [-0.05, 0) is 43.2 Å². The maximum absolute atomic E-state index is 12.6. The molecule has 0 aliphatic carbocycles. The van der Waals surface area contributed by atoms with Crippen LogP contribution in [-0.4, -0.2) is 30.7 Å². The zero-order chi connectivity index (χ0) is 21.4. The third-order valence-corrected chi connectivity index (χ3v) is 4.57. The fourth-order valence-electron chi connectivity index (χ4n) is 2.54. The van der Waals surface area contributed by atoms with Crippen molar-refractivity contribution >= 4 is 41.2 Å². The number of hydrazone groups is 1. The van der Waals surface area contributed by atoms with Gasteiger partial charge in [0.1, 0.15) is 11.8 Å². The Labute approximate surface area is 180 Å². The predicted molar refractivity (Wildman–Crippen MR) is 116 cm³/mol. The number of nitrogens with zero attached hydrogens (tertiary/aromatic N) is 1. The van der Waals surface area contributed by atoms with Crippen molar-refractivity contribution in [1.82, 2.24) is 10.7 Å². The van der Waals surface area contributed by atoms with E-state index in [4.69, 9.17) is 27.9 Å². The average Bonchev–Trinajstić information content (AvgIpc) is 2.68. The van der Waals surface area contributed by atoms with Crippen LogP contribution in [0.15, 0.2) is 47.6 Å². The lowest BCUT2D eigenvalue weighted by Gasteiger charge is -2.20. The molecule has 2 amide bonds. The molecule has 8 heteroatoms. The Morgan fingerprint density at radius 2 is 1.90 bits per heavy atom. The van der Waals surface area contributed by atoms with Crippen molar-refractivity contribution in [3.05, 3.63) is 63.6 Å². The Kier molecular flexibility index (Phi) is 8.49. The second-order valence-electron chi connectivity index (χ2n) is 6.52. The van der Waals surface area contributed by atoms with Crippen LogP contribution in [0.25, 0.3) is 0 Å². The summed E-state index contributed by atoms with van der Waals surface area (Å²) in [6, 6.07) is 11.0. The molecule has 0 saturated heterocycles. The lowest BCUT2D eigenvalue weighted by molar-refractivity contribution is -0.123. The van der Waals surface area contributed by atoms with Crippen molar-refractivity contribution in [1.29, 1.82) is 0 Å². The van der Waals surface area contributed by atoms with E-state index in [9.17, 15) is 9.59 Å². The average molecular weight is 436 g/mol. The van der Waals surface area contributed by atoms with Gasteiger partial charge in [0.15, 0.2) is 0 Å². The highest BCUT2D eigenvalue weighted by Gasteiger charge is 2.25. The van der Waals surface area contributed by atoms with E-state index in [2.05, 4.69) is 15.8 Å². The van der Waals surface area contributed by atoms with Crippen LogP contribution in [0.1, 0.15) is 36.7 Å². The maximum Gasteiger partial charge on any atom is 0.262 e. The van der Waals surface area contributed by atoms with Crippen LogP contribution in [0.3, 0.4) is 0 Å². The minimum absolute atomic E-state index is 0.165. The van der Waals surface area contributed by atoms with Gasteiger partial charge in [0, 0.05) is 10.6 Å². The highest BCUT2D eigenvalue weighted by Crippen LogP contribution is 2.21. The number of nitrogens with one attached hydrogen (secondary N) is 2. The number of hydrogen-bond acceptors (Lipinski definition) is 4. The topological polar surface area (TPSA) is 79.8 Å². The smallest absolute Gasteiger partial charge is 0.262 e. The van der Waals surface area contributed by atoms with E-state index < -0.39 is 17.9 Å². The molecule has 0 fully saturated rings. The number of carbonyl (C=O) groups excluding carboxylic acids is 2. The molecule has 1 unspecified atom stereocenters. The molecule has 0 saturated carbocycles. The van der Waals surface area contributed by atoms with Crippen LogP contribution in [0, 0.1) is 5.92 Å². The Hall–Kier alpha value is -2.57. The van der Waals surface area contributed by atoms with Crippen LogP contribution in [0.4, 0.5) is 0 Å². The number of amides is 2. The molecule has 0 spiro atoms. The molecule has 0 aliphatic rings. The van der Waals surface area contributed by atoms with Gasteiger partial charge < -0.3 is 10.1 Å². The molecule has 1 atom stereocenters. The summed E-state index contributed by atoms with van der Waals surface area (Å²) in [6.07, 6.45) is 1.45. The van der Waals surface area contributed by atoms with E-state index in [0.29, 0.717) is 33.5 Å². The minimum atomic E-state index is -0.790. The summed E-state index contributed by atoms with van der Waals surface area (Å²) in [6.45, 7) is 6.00. The molecule has 2 N–H and O–H groups in total. The minimum Gasteiger partial charge on any atom is -0.493 e. The summed E-state index contributed by atoms with van der Waals surface area (Å²) in [5, 5.41) is 7.53. The van der Waals surface area contributed by atoms with E-state index in [1.165, 1.54) is 6.21 Å². The highest BCUT2D eigenvalue weighted by atomic mass is 35.5. The number of ether oxygens (including phenoxy) is 1. The van der Waals surface area contributed by atoms with Gasteiger partial charge in [-0.15, -0.1) is 0 Å². The summed E-state index contributed by atoms with van der Waals surface area (Å²) >= 11 is 12.1. The van der Waals surface area contributed by atoms with Gasteiger partial charge in [0.25, 0.3) is 11.8 Å². The molecule has 0 radical (unpaired) electrons. The van der Waals surface area contributed by atoms with Crippen molar-refractivity contribution in [3.63, 3.8) is 0 Å². The maximum atomic E-state index is 12.6.